The Labute approximate surface area is 135 Å². The number of hydrogen-bond acceptors (Lipinski definition) is 1. The van der Waals surface area contributed by atoms with Gasteiger partial charge in [-0.25, -0.2) is 0 Å². The van der Waals surface area contributed by atoms with Crippen molar-refractivity contribution < 1.29 is 0 Å². The minimum Gasteiger partial charge on any atom is -0.312 e. The van der Waals surface area contributed by atoms with Crippen molar-refractivity contribution in [2.45, 2.75) is 64.8 Å². The summed E-state index contributed by atoms with van der Waals surface area (Å²) in [6, 6.07) is 8.32. The van der Waals surface area contributed by atoms with Crippen LogP contribution in [0.2, 0.25) is 5.02 Å². The van der Waals surface area contributed by atoms with E-state index >= 15 is 0 Å². The summed E-state index contributed by atoms with van der Waals surface area (Å²) in [6.45, 7) is 7.82. The third-order valence-corrected chi connectivity index (χ3v) is 4.90. The molecule has 21 heavy (non-hydrogen) atoms. The Morgan fingerprint density at radius 1 is 1.19 bits per heavy atom. The van der Waals surface area contributed by atoms with Gasteiger partial charge in [0.05, 0.1) is 0 Å². The number of nitrogens with one attached hydrogen (secondary N) is 1. The first-order valence-corrected chi connectivity index (χ1v) is 8.80. The molecule has 0 amide bonds. The first kappa shape index (κ1) is 16.8. The Balaban J connectivity index is 1.98. The van der Waals surface area contributed by atoms with Crippen LogP contribution in [0.5, 0.6) is 0 Å². The molecule has 0 aromatic heterocycles. The van der Waals surface area contributed by atoms with Gasteiger partial charge in [-0.2, -0.15) is 0 Å². The monoisotopic (exact) mass is 307 g/mol. The maximum Gasteiger partial charge on any atom is 0.0438 e. The van der Waals surface area contributed by atoms with Crippen LogP contribution in [0.3, 0.4) is 0 Å². The molecule has 2 rings (SSSR count). The fourth-order valence-corrected chi connectivity index (χ4v) is 3.59. The van der Waals surface area contributed by atoms with E-state index in [0.717, 1.165) is 23.9 Å². The SMILES string of the molecule is CC(C)(C)NCC(Cc1ccccc1Cl)CC1CCCC1. The molecule has 0 radical (unpaired) electrons. The van der Waals surface area contributed by atoms with Crippen LogP contribution in [0.15, 0.2) is 24.3 Å². The molecule has 1 aliphatic carbocycles. The second-order valence-corrected chi connectivity index (χ2v) is 8.09. The van der Waals surface area contributed by atoms with Crippen LogP contribution in [0, 0.1) is 11.8 Å². The molecule has 1 atom stereocenters. The van der Waals surface area contributed by atoms with Crippen molar-refractivity contribution in [1.82, 2.24) is 5.32 Å². The Bertz CT molecular complexity index is 429. The summed E-state index contributed by atoms with van der Waals surface area (Å²) in [5.41, 5.74) is 1.49. The van der Waals surface area contributed by atoms with Gasteiger partial charge < -0.3 is 5.32 Å². The van der Waals surface area contributed by atoms with Crippen molar-refractivity contribution in [1.29, 1.82) is 0 Å². The van der Waals surface area contributed by atoms with Gasteiger partial charge in [-0.1, -0.05) is 55.5 Å². The number of benzene rings is 1. The van der Waals surface area contributed by atoms with Gasteiger partial charge in [-0.3, -0.25) is 0 Å². The van der Waals surface area contributed by atoms with Crippen molar-refractivity contribution >= 4 is 11.6 Å². The fraction of sp³-hybridized carbons (Fsp3) is 0.684. The van der Waals surface area contributed by atoms with Crippen LogP contribution in [0.1, 0.15) is 58.4 Å². The average molecular weight is 308 g/mol. The van der Waals surface area contributed by atoms with E-state index in [1.165, 1.54) is 37.7 Å². The fourth-order valence-electron chi connectivity index (χ4n) is 3.38. The summed E-state index contributed by atoms with van der Waals surface area (Å²) in [4.78, 5) is 0. The lowest BCUT2D eigenvalue weighted by molar-refractivity contribution is 0.317. The molecule has 0 bridgehead atoms. The van der Waals surface area contributed by atoms with Crippen LogP contribution in [-0.2, 0) is 6.42 Å². The number of rotatable bonds is 6. The lowest BCUT2D eigenvalue weighted by atomic mass is 9.88. The van der Waals surface area contributed by atoms with Gasteiger partial charge in [0.1, 0.15) is 0 Å². The van der Waals surface area contributed by atoms with E-state index in [2.05, 4.69) is 38.2 Å². The smallest absolute Gasteiger partial charge is 0.0438 e. The zero-order valence-electron chi connectivity index (χ0n) is 13.8. The molecule has 1 N–H and O–H groups in total. The maximum atomic E-state index is 6.35. The second-order valence-electron chi connectivity index (χ2n) is 7.68. The van der Waals surface area contributed by atoms with E-state index in [1.54, 1.807) is 0 Å². The van der Waals surface area contributed by atoms with Crippen molar-refractivity contribution in [2.24, 2.45) is 11.8 Å². The topological polar surface area (TPSA) is 12.0 Å². The van der Waals surface area contributed by atoms with Crippen molar-refractivity contribution in [3.05, 3.63) is 34.9 Å². The highest BCUT2D eigenvalue weighted by Crippen LogP contribution is 2.32. The Kier molecular flexibility index (Phi) is 6.13. The molecule has 2 heteroatoms. The molecular formula is C19H30ClN. The molecule has 1 fully saturated rings. The second kappa shape index (κ2) is 7.65. The molecule has 1 nitrogen and oxygen atoms in total. The van der Waals surface area contributed by atoms with Gasteiger partial charge in [0.2, 0.25) is 0 Å². The Hall–Kier alpha value is -0.530. The minimum absolute atomic E-state index is 0.189. The van der Waals surface area contributed by atoms with E-state index in [9.17, 15) is 0 Å². The lowest BCUT2D eigenvalue weighted by Gasteiger charge is -2.27. The molecule has 1 aliphatic rings. The zero-order valence-corrected chi connectivity index (χ0v) is 14.5. The first-order chi connectivity index (χ1) is 9.94. The largest absolute Gasteiger partial charge is 0.312 e. The molecule has 1 unspecified atom stereocenters. The van der Waals surface area contributed by atoms with E-state index in [-0.39, 0.29) is 5.54 Å². The molecule has 118 valence electrons. The Morgan fingerprint density at radius 3 is 2.48 bits per heavy atom. The standard InChI is InChI=1S/C19H30ClN/c1-19(2,3)21-14-16(12-15-8-4-5-9-15)13-17-10-6-7-11-18(17)20/h6-7,10-11,15-16,21H,4-5,8-9,12-14H2,1-3H3. The summed E-state index contributed by atoms with van der Waals surface area (Å²) < 4.78 is 0. The van der Waals surface area contributed by atoms with Crippen molar-refractivity contribution in [3.8, 4) is 0 Å². The molecular weight excluding hydrogens is 278 g/mol. The summed E-state index contributed by atoms with van der Waals surface area (Å²) in [5, 5.41) is 4.61. The molecule has 0 aliphatic heterocycles. The van der Waals surface area contributed by atoms with Crippen molar-refractivity contribution in [3.63, 3.8) is 0 Å². The van der Waals surface area contributed by atoms with Crippen molar-refractivity contribution in [2.75, 3.05) is 6.54 Å². The van der Waals surface area contributed by atoms with Crippen LogP contribution < -0.4 is 5.32 Å². The van der Waals surface area contributed by atoms with Gasteiger partial charge in [0, 0.05) is 10.6 Å². The Morgan fingerprint density at radius 2 is 1.86 bits per heavy atom. The van der Waals surface area contributed by atoms with Gasteiger partial charge in [0.15, 0.2) is 0 Å². The van der Waals surface area contributed by atoms with Gasteiger partial charge in [-0.15, -0.1) is 0 Å². The summed E-state index contributed by atoms with van der Waals surface area (Å²) in [7, 11) is 0. The summed E-state index contributed by atoms with van der Waals surface area (Å²) in [6.07, 6.45) is 8.14. The van der Waals surface area contributed by atoms with Gasteiger partial charge >= 0.3 is 0 Å². The highest BCUT2D eigenvalue weighted by Gasteiger charge is 2.22. The predicted octanol–water partition coefficient (Wildman–Crippen LogP) is 5.47. The highest BCUT2D eigenvalue weighted by molar-refractivity contribution is 6.31. The van der Waals surface area contributed by atoms with E-state index in [0.29, 0.717) is 5.92 Å². The normalized spacial score (nSPS) is 18.1. The van der Waals surface area contributed by atoms with Crippen LogP contribution in [-0.4, -0.2) is 12.1 Å². The molecule has 1 aromatic carbocycles. The number of hydrogen-bond donors (Lipinski definition) is 1. The zero-order chi connectivity index (χ0) is 15.3. The van der Waals surface area contributed by atoms with Crippen LogP contribution in [0.4, 0.5) is 0 Å². The van der Waals surface area contributed by atoms with Gasteiger partial charge in [-0.05, 0) is 63.6 Å². The van der Waals surface area contributed by atoms with Crippen LogP contribution >= 0.6 is 11.6 Å². The lowest BCUT2D eigenvalue weighted by Crippen LogP contribution is -2.40. The van der Waals surface area contributed by atoms with E-state index < -0.39 is 0 Å². The number of halogens is 1. The first-order valence-electron chi connectivity index (χ1n) is 8.42. The third kappa shape index (κ3) is 6.00. The molecule has 1 aromatic rings. The molecule has 1 saturated carbocycles. The van der Waals surface area contributed by atoms with E-state index in [4.69, 9.17) is 11.6 Å². The van der Waals surface area contributed by atoms with Crippen LogP contribution in [0.25, 0.3) is 0 Å². The van der Waals surface area contributed by atoms with Gasteiger partial charge in [0.25, 0.3) is 0 Å². The minimum atomic E-state index is 0.189. The molecule has 0 spiro atoms. The summed E-state index contributed by atoms with van der Waals surface area (Å²) >= 11 is 6.35. The summed E-state index contributed by atoms with van der Waals surface area (Å²) in [5.74, 6) is 1.62. The van der Waals surface area contributed by atoms with E-state index in [1.807, 2.05) is 12.1 Å². The highest BCUT2D eigenvalue weighted by atomic mass is 35.5. The molecule has 0 heterocycles. The average Bonchev–Trinajstić information content (AvgIpc) is 2.90. The third-order valence-electron chi connectivity index (χ3n) is 4.53. The molecule has 0 saturated heterocycles. The maximum absolute atomic E-state index is 6.35. The predicted molar refractivity (Wildman–Crippen MR) is 93.0 cm³/mol. The quantitative estimate of drug-likeness (QED) is 0.735.